The van der Waals surface area contributed by atoms with Crippen LogP contribution in [-0.2, 0) is 0 Å². The van der Waals surface area contributed by atoms with Crippen LogP contribution < -0.4 is 16.4 Å². The number of nitrogens with one attached hydrogen (secondary N) is 2. The number of nitrogens with zero attached hydrogens (tertiary/aromatic N) is 3. The summed E-state index contributed by atoms with van der Waals surface area (Å²) in [5.41, 5.74) is 9.91. The minimum Gasteiger partial charge on any atom is -0.393 e. The van der Waals surface area contributed by atoms with Crippen LogP contribution in [0.15, 0.2) is 42.7 Å². The van der Waals surface area contributed by atoms with Gasteiger partial charge in [0.2, 0.25) is 0 Å². The summed E-state index contributed by atoms with van der Waals surface area (Å²) in [5, 5.41) is 17.4. The van der Waals surface area contributed by atoms with Gasteiger partial charge in [0.1, 0.15) is 12.0 Å². The number of nitrogen functional groups attached to an aromatic ring is 1. The molecular formula is C23H24Cl2N6. The Kier molecular flexibility index (Phi) is 7.21. The predicted molar refractivity (Wildman–Crippen MR) is 128 cm³/mol. The standard InChI is InChI=1S/C23H24Cl2N6/c1-4-14(3)30-22-21(27)23(29-12-28-22)31-20-10-19(25)17(9-13(20)2)18(11-26)15-5-7-16(24)8-6-15/h5-10,12,14,18H,4,27H2,1-3H3,(H2,28,29,30,31). The Hall–Kier alpha value is -3.01. The molecule has 0 aliphatic rings. The molecule has 0 fully saturated rings. The SMILES string of the molecule is CCC(C)Nc1ncnc(Nc2cc(Cl)c(C(C#N)c3ccc(Cl)cc3)cc2C)c1N. The molecule has 2 aromatic carbocycles. The highest BCUT2D eigenvalue weighted by atomic mass is 35.5. The molecule has 0 saturated heterocycles. The maximum atomic E-state index is 9.78. The molecule has 4 N–H and O–H groups in total. The van der Waals surface area contributed by atoms with E-state index < -0.39 is 5.92 Å². The largest absolute Gasteiger partial charge is 0.393 e. The first-order chi connectivity index (χ1) is 14.8. The first-order valence-corrected chi connectivity index (χ1v) is 10.7. The molecule has 0 radical (unpaired) electrons. The van der Waals surface area contributed by atoms with Gasteiger partial charge in [0.05, 0.1) is 12.0 Å². The maximum Gasteiger partial charge on any atom is 0.159 e. The summed E-state index contributed by atoms with van der Waals surface area (Å²) >= 11 is 12.6. The molecule has 160 valence electrons. The lowest BCUT2D eigenvalue weighted by atomic mass is 9.91. The van der Waals surface area contributed by atoms with Crippen molar-refractivity contribution >= 4 is 46.2 Å². The van der Waals surface area contributed by atoms with Crippen LogP contribution in [0.4, 0.5) is 23.0 Å². The summed E-state index contributed by atoms with van der Waals surface area (Å²) in [4.78, 5) is 8.51. The summed E-state index contributed by atoms with van der Waals surface area (Å²) in [6.45, 7) is 6.08. The van der Waals surface area contributed by atoms with Crippen molar-refractivity contribution in [3.05, 3.63) is 69.5 Å². The molecule has 3 aromatic rings. The van der Waals surface area contributed by atoms with E-state index in [2.05, 4.69) is 40.5 Å². The van der Waals surface area contributed by atoms with Crippen LogP contribution in [0, 0.1) is 18.3 Å². The second-order valence-electron chi connectivity index (χ2n) is 7.37. The van der Waals surface area contributed by atoms with Crippen LogP contribution in [0.5, 0.6) is 0 Å². The van der Waals surface area contributed by atoms with Crippen molar-refractivity contribution in [1.29, 1.82) is 5.26 Å². The first-order valence-electron chi connectivity index (χ1n) is 9.93. The smallest absolute Gasteiger partial charge is 0.159 e. The van der Waals surface area contributed by atoms with Gasteiger partial charge in [-0.05, 0) is 55.2 Å². The zero-order chi connectivity index (χ0) is 22.5. The van der Waals surface area contributed by atoms with Gasteiger partial charge in [-0.15, -0.1) is 0 Å². The van der Waals surface area contributed by atoms with E-state index in [0.717, 1.165) is 28.8 Å². The summed E-state index contributed by atoms with van der Waals surface area (Å²) < 4.78 is 0. The number of halogens is 2. The topological polar surface area (TPSA) is 99.6 Å². The van der Waals surface area contributed by atoms with Crippen LogP contribution in [0.25, 0.3) is 0 Å². The molecule has 3 rings (SSSR count). The van der Waals surface area contributed by atoms with E-state index in [9.17, 15) is 5.26 Å². The first kappa shape index (κ1) is 22.7. The lowest BCUT2D eigenvalue weighted by Crippen LogP contribution is -2.16. The fraction of sp³-hybridized carbons (Fsp3) is 0.261. The van der Waals surface area contributed by atoms with Gasteiger partial charge in [-0.2, -0.15) is 5.26 Å². The van der Waals surface area contributed by atoms with Gasteiger partial charge in [-0.3, -0.25) is 0 Å². The van der Waals surface area contributed by atoms with E-state index in [1.54, 1.807) is 18.2 Å². The van der Waals surface area contributed by atoms with Gasteiger partial charge in [0.15, 0.2) is 11.6 Å². The van der Waals surface area contributed by atoms with Crippen molar-refractivity contribution < 1.29 is 0 Å². The summed E-state index contributed by atoms with van der Waals surface area (Å²) in [5.74, 6) is 0.565. The molecular weight excluding hydrogens is 431 g/mol. The molecule has 8 heteroatoms. The molecule has 1 aromatic heterocycles. The highest BCUT2D eigenvalue weighted by Gasteiger charge is 2.19. The molecule has 1 heterocycles. The molecule has 2 unspecified atom stereocenters. The molecule has 0 aliphatic carbocycles. The molecule has 31 heavy (non-hydrogen) atoms. The number of hydrogen-bond donors (Lipinski definition) is 3. The van der Waals surface area contributed by atoms with E-state index in [1.165, 1.54) is 6.33 Å². The lowest BCUT2D eigenvalue weighted by molar-refractivity contribution is 0.759. The number of hydrogen-bond acceptors (Lipinski definition) is 6. The third-order valence-electron chi connectivity index (χ3n) is 5.12. The molecule has 0 saturated carbocycles. The highest BCUT2D eigenvalue weighted by molar-refractivity contribution is 6.32. The number of nitriles is 1. The van der Waals surface area contributed by atoms with Crippen molar-refractivity contribution in [3.8, 4) is 6.07 Å². The molecule has 0 amide bonds. The average Bonchev–Trinajstić information content (AvgIpc) is 2.75. The van der Waals surface area contributed by atoms with E-state index in [0.29, 0.717) is 27.4 Å². The average molecular weight is 455 g/mol. The van der Waals surface area contributed by atoms with Gasteiger partial charge in [-0.1, -0.05) is 48.3 Å². The second-order valence-corrected chi connectivity index (χ2v) is 8.21. The van der Waals surface area contributed by atoms with Gasteiger partial charge >= 0.3 is 0 Å². The summed E-state index contributed by atoms with van der Waals surface area (Å²) in [6, 6.07) is 13.5. The normalized spacial score (nSPS) is 12.6. The number of benzene rings is 2. The van der Waals surface area contributed by atoms with Crippen molar-refractivity contribution in [2.45, 2.75) is 39.2 Å². The molecule has 0 bridgehead atoms. The number of rotatable bonds is 7. The number of anilines is 4. The minimum absolute atomic E-state index is 0.233. The van der Waals surface area contributed by atoms with Crippen molar-refractivity contribution in [1.82, 2.24) is 9.97 Å². The van der Waals surface area contributed by atoms with E-state index in [4.69, 9.17) is 28.9 Å². The quantitative estimate of drug-likeness (QED) is 0.388. The van der Waals surface area contributed by atoms with Crippen LogP contribution in [0.2, 0.25) is 10.0 Å². The van der Waals surface area contributed by atoms with Gasteiger partial charge in [0, 0.05) is 21.8 Å². The van der Waals surface area contributed by atoms with Crippen molar-refractivity contribution in [2.75, 3.05) is 16.4 Å². The van der Waals surface area contributed by atoms with Crippen LogP contribution >= 0.6 is 23.2 Å². The Balaban J connectivity index is 1.92. The van der Waals surface area contributed by atoms with Gasteiger partial charge in [-0.25, -0.2) is 9.97 Å². The van der Waals surface area contributed by atoms with Crippen molar-refractivity contribution in [2.24, 2.45) is 0 Å². The Bertz CT molecular complexity index is 1110. The third-order valence-corrected chi connectivity index (χ3v) is 5.70. The monoisotopic (exact) mass is 454 g/mol. The molecule has 0 aliphatic heterocycles. The summed E-state index contributed by atoms with van der Waals surface area (Å²) in [7, 11) is 0. The second kappa shape index (κ2) is 9.86. The minimum atomic E-state index is -0.507. The zero-order valence-electron chi connectivity index (χ0n) is 17.6. The number of aryl methyl sites for hydroxylation is 1. The maximum absolute atomic E-state index is 9.78. The Labute approximate surface area is 192 Å². The summed E-state index contributed by atoms with van der Waals surface area (Å²) in [6.07, 6.45) is 2.40. The van der Waals surface area contributed by atoms with Gasteiger partial charge in [0.25, 0.3) is 0 Å². The fourth-order valence-corrected chi connectivity index (χ4v) is 3.51. The van der Waals surface area contributed by atoms with E-state index >= 15 is 0 Å². The van der Waals surface area contributed by atoms with Crippen molar-refractivity contribution in [3.63, 3.8) is 0 Å². The molecule has 2 atom stereocenters. The highest BCUT2D eigenvalue weighted by Crippen LogP contribution is 2.36. The molecule has 6 nitrogen and oxygen atoms in total. The van der Waals surface area contributed by atoms with E-state index in [1.807, 2.05) is 25.1 Å². The Morgan fingerprint density at radius 1 is 1.13 bits per heavy atom. The number of nitrogens with two attached hydrogens (primary N) is 1. The zero-order valence-corrected chi connectivity index (χ0v) is 19.1. The Morgan fingerprint density at radius 2 is 1.81 bits per heavy atom. The fourth-order valence-electron chi connectivity index (χ4n) is 3.11. The van der Waals surface area contributed by atoms with Crippen LogP contribution in [0.1, 0.15) is 42.9 Å². The molecule has 0 spiro atoms. The van der Waals surface area contributed by atoms with E-state index in [-0.39, 0.29) is 6.04 Å². The predicted octanol–water partition coefficient (Wildman–Crippen LogP) is 6.28. The number of aromatic nitrogens is 2. The van der Waals surface area contributed by atoms with Crippen LogP contribution in [-0.4, -0.2) is 16.0 Å². The van der Waals surface area contributed by atoms with Crippen LogP contribution in [0.3, 0.4) is 0 Å². The Morgan fingerprint density at radius 3 is 2.45 bits per heavy atom. The van der Waals surface area contributed by atoms with Gasteiger partial charge < -0.3 is 16.4 Å². The lowest BCUT2D eigenvalue weighted by Gasteiger charge is -2.18. The third kappa shape index (κ3) is 5.19.